The standard InChI is InChI=1S/C45H80O15/c1-3-5-7-9-11-13-15-16-18-20-22-24-26-28-37(48)58-33(30-55-36(47)27-25-23-21-19-17-14-12-10-8-6-4-2)31-56-44-43(54)41(52)39(50)35(60-44)32-57-45-42(53)40(51)38(49)34(29-46)59-45/h16,18,22,24,33-35,38-46,49-54H,3-15,17,19-21,23,25-32H2,1-2H3/b18-16+,24-22+/t33?,34-,35-,38+,39+,40?,41?,42?,43?,44-,45-/m1/s1. The zero-order valence-corrected chi connectivity index (χ0v) is 36.4. The summed E-state index contributed by atoms with van der Waals surface area (Å²) in [5.41, 5.74) is 0. The Morgan fingerprint density at radius 2 is 1.03 bits per heavy atom. The van der Waals surface area contributed by atoms with Gasteiger partial charge >= 0.3 is 11.9 Å². The van der Waals surface area contributed by atoms with Crippen molar-refractivity contribution < 1.29 is 73.8 Å². The highest BCUT2D eigenvalue weighted by atomic mass is 16.7. The molecule has 2 rings (SSSR count). The van der Waals surface area contributed by atoms with E-state index in [9.17, 15) is 45.3 Å². The van der Waals surface area contributed by atoms with Gasteiger partial charge in [-0.1, -0.05) is 134 Å². The van der Waals surface area contributed by atoms with Gasteiger partial charge in [0, 0.05) is 12.8 Å². The van der Waals surface area contributed by atoms with Crippen molar-refractivity contribution >= 4 is 11.9 Å². The van der Waals surface area contributed by atoms with Crippen molar-refractivity contribution in [3.05, 3.63) is 24.3 Å². The maximum atomic E-state index is 12.9. The normalized spacial score (nSPS) is 27.8. The van der Waals surface area contributed by atoms with Gasteiger partial charge in [-0.3, -0.25) is 9.59 Å². The zero-order chi connectivity index (χ0) is 44.0. The Morgan fingerprint density at radius 1 is 0.533 bits per heavy atom. The van der Waals surface area contributed by atoms with Crippen LogP contribution in [0.3, 0.4) is 0 Å². The molecule has 60 heavy (non-hydrogen) atoms. The molecule has 0 saturated carbocycles. The monoisotopic (exact) mass is 861 g/mol. The van der Waals surface area contributed by atoms with Gasteiger partial charge in [0.25, 0.3) is 0 Å². The van der Waals surface area contributed by atoms with Crippen molar-refractivity contribution in [1.82, 2.24) is 0 Å². The molecular weight excluding hydrogens is 780 g/mol. The molecule has 350 valence electrons. The van der Waals surface area contributed by atoms with E-state index in [1.165, 1.54) is 83.5 Å². The Balaban J connectivity index is 1.89. The number of hydrogen-bond donors (Lipinski definition) is 7. The lowest BCUT2D eigenvalue weighted by atomic mass is 9.98. The number of allylic oxidation sites excluding steroid dienone is 4. The average molecular weight is 861 g/mol. The van der Waals surface area contributed by atoms with Crippen LogP contribution in [0, 0.1) is 0 Å². The molecule has 2 aliphatic rings. The number of rotatable bonds is 34. The van der Waals surface area contributed by atoms with Crippen LogP contribution in [-0.2, 0) is 38.0 Å². The quantitative estimate of drug-likeness (QED) is 0.0261. The first kappa shape index (κ1) is 54.1. The fourth-order valence-corrected chi connectivity index (χ4v) is 7.09. The molecule has 5 unspecified atom stereocenters. The Labute approximate surface area is 358 Å². The molecule has 0 bridgehead atoms. The third kappa shape index (κ3) is 22.4. The number of carbonyl (C=O) groups is 2. The topological polar surface area (TPSA) is 231 Å². The number of ether oxygens (including phenoxy) is 6. The number of hydrogen-bond acceptors (Lipinski definition) is 15. The lowest BCUT2D eigenvalue weighted by Gasteiger charge is -2.42. The van der Waals surface area contributed by atoms with Gasteiger partial charge in [-0.05, 0) is 32.1 Å². The van der Waals surface area contributed by atoms with Gasteiger partial charge in [0.15, 0.2) is 18.7 Å². The maximum absolute atomic E-state index is 12.9. The fraction of sp³-hybridized carbons (Fsp3) is 0.867. The molecule has 15 heteroatoms. The molecule has 2 heterocycles. The Kier molecular flexibility index (Phi) is 30.2. The van der Waals surface area contributed by atoms with Crippen molar-refractivity contribution in [3.63, 3.8) is 0 Å². The van der Waals surface area contributed by atoms with Crippen LogP contribution in [0.1, 0.15) is 155 Å². The van der Waals surface area contributed by atoms with Crippen LogP contribution in [0.4, 0.5) is 0 Å². The smallest absolute Gasteiger partial charge is 0.306 e. The third-order valence-electron chi connectivity index (χ3n) is 10.9. The number of unbranched alkanes of at least 4 members (excludes halogenated alkanes) is 16. The van der Waals surface area contributed by atoms with Crippen molar-refractivity contribution in [2.75, 3.05) is 26.4 Å². The summed E-state index contributed by atoms with van der Waals surface area (Å²) in [4.78, 5) is 25.5. The van der Waals surface area contributed by atoms with Crippen LogP contribution >= 0.6 is 0 Å². The van der Waals surface area contributed by atoms with E-state index in [1.807, 2.05) is 12.2 Å². The van der Waals surface area contributed by atoms with Gasteiger partial charge in [-0.25, -0.2) is 0 Å². The minimum Gasteiger partial charge on any atom is -0.462 e. The predicted molar refractivity (Wildman–Crippen MR) is 224 cm³/mol. The van der Waals surface area contributed by atoms with E-state index in [-0.39, 0.29) is 19.4 Å². The number of carbonyl (C=O) groups excluding carboxylic acids is 2. The molecule has 0 amide bonds. The molecule has 2 aliphatic heterocycles. The van der Waals surface area contributed by atoms with Crippen molar-refractivity contribution in [1.29, 1.82) is 0 Å². The first-order valence-corrected chi connectivity index (χ1v) is 22.9. The Morgan fingerprint density at radius 3 is 1.62 bits per heavy atom. The summed E-state index contributed by atoms with van der Waals surface area (Å²) in [5.74, 6) is -1.00. The van der Waals surface area contributed by atoms with E-state index < -0.39 is 99.3 Å². The summed E-state index contributed by atoms with van der Waals surface area (Å²) in [6.07, 6.45) is 13.8. The number of esters is 2. The molecule has 11 atom stereocenters. The SMILES string of the molecule is CCCCCCCC/C=C/C/C=C/CCC(=O)OC(COC(=O)CCCCCCCCCCCCC)CO[C@@H]1O[C@H](CO[C@@H]2O[C@H](CO)[C@H](O)C(O)C2O)[C@H](O)C(O)C1O. The summed E-state index contributed by atoms with van der Waals surface area (Å²) in [6, 6.07) is 0. The second-order valence-electron chi connectivity index (χ2n) is 16.2. The van der Waals surface area contributed by atoms with Crippen LogP contribution in [-0.4, -0.2) is 142 Å². The summed E-state index contributed by atoms with van der Waals surface area (Å²) < 4.78 is 33.3. The number of aliphatic hydroxyl groups excluding tert-OH is 7. The highest BCUT2D eigenvalue weighted by Gasteiger charge is 2.47. The van der Waals surface area contributed by atoms with Crippen molar-refractivity contribution in [2.24, 2.45) is 0 Å². The molecule has 0 aromatic heterocycles. The van der Waals surface area contributed by atoms with E-state index in [2.05, 4.69) is 26.0 Å². The Hall–Kier alpha value is -2.02. The molecule has 0 spiro atoms. The third-order valence-corrected chi connectivity index (χ3v) is 10.9. The van der Waals surface area contributed by atoms with E-state index in [4.69, 9.17) is 28.4 Å². The molecular formula is C45H80O15. The maximum Gasteiger partial charge on any atom is 0.306 e. The number of aliphatic hydroxyl groups is 7. The molecule has 0 radical (unpaired) electrons. The largest absolute Gasteiger partial charge is 0.462 e. The minimum absolute atomic E-state index is 0.0615. The van der Waals surface area contributed by atoms with E-state index in [1.54, 1.807) is 0 Å². The second-order valence-corrected chi connectivity index (χ2v) is 16.2. The van der Waals surface area contributed by atoms with Gasteiger partial charge in [-0.2, -0.15) is 0 Å². The summed E-state index contributed by atoms with van der Waals surface area (Å²) in [7, 11) is 0. The molecule has 0 aromatic rings. The minimum atomic E-state index is -1.77. The highest BCUT2D eigenvalue weighted by molar-refractivity contribution is 5.70. The second kappa shape index (κ2) is 33.5. The Bertz CT molecular complexity index is 1150. The van der Waals surface area contributed by atoms with E-state index in [0.29, 0.717) is 12.8 Å². The molecule has 0 aliphatic carbocycles. The molecule has 2 saturated heterocycles. The van der Waals surface area contributed by atoms with Crippen molar-refractivity contribution in [2.45, 2.75) is 223 Å². The average Bonchev–Trinajstić information content (AvgIpc) is 3.24. The lowest BCUT2D eigenvalue weighted by Crippen LogP contribution is -2.61. The molecule has 15 nitrogen and oxygen atoms in total. The zero-order valence-electron chi connectivity index (χ0n) is 36.4. The van der Waals surface area contributed by atoms with E-state index >= 15 is 0 Å². The van der Waals surface area contributed by atoms with Gasteiger partial charge in [-0.15, -0.1) is 0 Å². The summed E-state index contributed by atoms with van der Waals surface area (Å²) >= 11 is 0. The molecule has 0 aromatic carbocycles. The van der Waals surface area contributed by atoms with Crippen molar-refractivity contribution in [3.8, 4) is 0 Å². The summed E-state index contributed by atoms with van der Waals surface area (Å²) in [5, 5.41) is 71.8. The van der Waals surface area contributed by atoms with Gasteiger partial charge in [0.1, 0.15) is 55.4 Å². The van der Waals surface area contributed by atoms with Crippen LogP contribution in [0.5, 0.6) is 0 Å². The lowest BCUT2D eigenvalue weighted by molar-refractivity contribution is -0.332. The van der Waals surface area contributed by atoms with Gasteiger partial charge < -0.3 is 64.2 Å². The van der Waals surface area contributed by atoms with Crippen LogP contribution in [0.25, 0.3) is 0 Å². The van der Waals surface area contributed by atoms with Crippen LogP contribution < -0.4 is 0 Å². The summed E-state index contributed by atoms with van der Waals surface area (Å²) in [6.45, 7) is 2.49. The first-order chi connectivity index (χ1) is 29.0. The highest BCUT2D eigenvalue weighted by Crippen LogP contribution is 2.26. The van der Waals surface area contributed by atoms with Crippen LogP contribution in [0.2, 0.25) is 0 Å². The molecule has 7 N–H and O–H groups in total. The van der Waals surface area contributed by atoms with Crippen LogP contribution in [0.15, 0.2) is 24.3 Å². The molecule has 2 fully saturated rings. The fourth-order valence-electron chi connectivity index (χ4n) is 7.09. The van der Waals surface area contributed by atoms with E-state index in [0.717, 1.165) is 32.1 Å². The van der Waals surface area contributed by atoms with Gasteiger partial charge in [0.2, 0.25) is 0 Å². The van der Waals surface area contributed by atoms with Gasteiger partial charge in [0.05, 0.1) is 19.8 Å². The first-order valence-electron chi connectivity index (χ1n) is 22.9. The predicted octanol–water partition coefficient (Wildman–Crippen LogP) is 4.82.